The quantitative estimate of drug-likeness (QED) is 0.705. The van der Waals surface area contributed by atoms with E-state index in [0.717, 1.165) is 23.7 Å². The zero-order valence-corrected chi connectivity index (χ0v) is 16.1. The van der Waals surface area contributed by atoms with E-state index in [9.17, 15) is 0 Å². The van der Waals surface area contributed by atoms with Crippen LogP contribution in [0.1, 0.15) is 67.9 Å². The van der Waals surface area contributed by atoms with Gasteiger partial charge in [0, 0.05) is 24.5 Å². The zero-order chi connectivity index (χ0) is 17.7. The minimum absolute atomic E-state index is 0.443. The molecule has 2 aromatic rings. The SMILES string of the molecule is COc1ccc([C@@H]2CCCN2Cn2nc(C3CC3)n(C3CC3)c2=S)cc1. The highest BCUT2D eigenvalue weighted by Gasteiger charge is 2.36. The third-order valence-electron chi connectivity index (χ3n) is 5.93. The monoisotopic (exact) mass is 370 g/mol. The van der Waals surface area contributed by atoms with Crippen molar-refractivity contribution in [3.05, 3.63) is 40.4 Å². The summed E-state index contributed by atoms with van der Waals surface area (Å²) < 4.78 is 10.7. The van der Waals surface area contributed by atoms with Crippen LogP contribution in [0.2, 0.25) is 0 Å². The maximum atomic E-state index is 5.82. The van der Waals surface area contributed by atoms with Crippen molar-refractivity contribution >= 4 is 12.2 Å². The molecule has 1 atom stereocenters. The molecule has 0 unspecified atom stereocenters. The fourth-order valence-corrected chi connectivity index (χ4v) is 4.54. The molecule has 5 rings (SSSR count). The lowest BCUT2D eigenvalue weighted by atomic mass is 10.0. The van der Waals surface area contributed by atoms with Gasteiger partial charge in [0.1, 0.15) is 11.6 Å². The number of methoxy groups -OCH3 is 1. The molecule has 1 aromatic carbocycles. The molecule has 2 saturated carbocycles. The molecule has 26 heavy (non-hydrogen) atoms. The van der Waals surface area contributed by atoms with Crippen molar-refractivity contribution in [2.45, 2.75) is 63.2 Å². The summed E-state index contributed by atoms with van der Waals surface area (Å²) in [7, 11) is 1.71. The van der Waals surface area contributed by atoms with E-state index in [1.807, 2.05) is 0 Å². The molecule has 0 amide bonds. The Morgan fingerprint density at radius 1 is 1.12 bits per heavy atom. The van der Waals surface area contributed by atoms with Crippen LogP contribution in [0.5, 0.6) is 5.75 Å². The zero-order valence-electron chi connectivity index (χ0n) is 15.3. The van der Waals surface area contributed by atoms with Crippen LogP contribution in [-0.2, 0) is 6.67 Å². The van der Waals surface area contributed by atoms with Gasteiger partial charge >= 0.3 is 0 Å². The number of hydrogen-bond acceptors (Lipinski definition) is 4. The molecule has 3 aliphatic rings. The predicted octanol–water partition coefficient (Wildman–Crippen LogP) is 4.43. The van der Waals surface area contributed by atoms with E-state index in [2.05, 4.69) is 38.4 Å². The second-order valence-electron chi connectivity index (χ2n) is 7.90. The molecule has 3 fully saturated rings. The lowest BCUT2D eigenvalue weighted by Crippen LogP contribution is -2.27. The first-order valence-electron chi connectivity index (χ1n) is 9.82. The van der Waals surface area contributed by atoms with Crippen LogP contribution in [0, 0.1) is 4.77 Å². The van der Waals surface area contributed by atoms with Crippen molar-refractivity contribution in [1.82, 2.24) is 19.2 Å². The van der Waals surface area contributed by atoms with Gasteiger partial charge in [0.15, 0.2) is 4.77 Å². The van der Waals surface area contributed by atoms with Crippen molar-refractivity contribution in [3.63, 3.8) is 0 Å². The van der Waals surface area contributed by atoms with Gasteiger partial charge in [-0.25, -0.2) is 4.68 Å². The van der Waals surface area contributed by atoms with Crippen molar-refractivity contribution < 1.29 is 4.74 Å². The third kappa shape index (κ3) is 2.99. The van der Waals surface area contributed by atoms with Crippen LogP contribution < -0.4 is 4.74 Å². The molecule has 6 heteroatoms. The molecule has 1 aromatic heterocycles. The second-order valence-corrected chi connectivity index (χ2v) is 8.27. The van der Waals surface area contributed by atoms with Gasteiger partial charge in [-0.3, -0.25) is 4.90 Å². The Balaban J connectivity index is 1.39. The lowest BCUT2D eigenvalue weighted by Gasteiger charge is -2.24. The summed E-state index contributed by atoms with van der Waals surface area (Å²) in [5.41, 5.74) is 1.36. The minimum atomic E-state index is 0.443. The standard InChI is InChI=1S/C20H26N4OS/c1-25-17-10-6-14(7-11-17)18-3-2-12-22(18)13-23-20(26)24(16-8-9-16)19(21-23)15-4-5-15/h6-7,10-11,15-16,18H,2-5,8-9,12-13H2,1H3/t18-/m0/s1. The van der Waals surface area contributed by atoms with Crippen LogP contribution in [0.25, 0.3) is 0 Å². The van der Waals surface area contributed by atoms with E-state index in [1.165, 1.54) is 49.9 Å². The molecule has 0 spiro atoms. The van der Waals surface area contributed by atoms with Gasteiger partial charge in [-0.05, 0) is 68.4 Å². The van der Waals surface area contributed by atoms with Gasteiger partial charge in [-0.15, -0.1) is 0 Å². The topological polar surface area (TPSA) is 35.2 Å². The fourth-order valence-electron chi connectivity index (χ4n) is 4.20. The molecule has 0 radical (unpaired) electrons. The number of ether oxygens (including phenoxy) is 1. The Kier molecular flexibility index (Phi) is 4.13. The van der Waals surface area contributed by atoms with Gasteiger partial charge in [0.25, 0.3) is 0 Å². The van der Waals surface area contributed by atoms with Crippen LogP contribution in [0.3, 0.4) is 0 Å². The number of aromatic nitrogens is 3. The number of nitrogens with zero attached hydrogens (tertiary/aromatic N) is 4. The summed E-state index contributed by atoms with van der Waals surface area (Å²) >= 11 is 5.82. The molecule has 5 nitrogen and oxygen atoms in total. The first-order valence-corrected chi connectivity index (χ1v) is 10.2. The van der Waals surface area contributed by atoms with E-state index >= 15 is 0 Å². The summed E-state index contributed by atoms with van der Waals surface area (Å²) in [5.74, 6) is 2.81. The smallest absolute Gasteiger partial charge is 0.199 e. The van der Waals surface area contributed by atoms with Crippen molar-refractivity contribution in [2.24, 2.45) is 0 Å². The highest BCUT2D eigenvalue weighted by molar-refractivity contribution is 7.71. The largest absolute Gasteiger partial charge is 0.497 e. The van der Waals surface area contributed by atoms with E-state index in [1.54, 1.807) is 7.11 Å². The van der Waals surface area contributed by atoms with E-state index < -0.39 is 0 Å². The van der Waals surface area contributed by atoms with E-state index in [4.69, 9.17) is 22.1 Å². The Hall–Kier alpha value is -1.66. The lowest BCUT2D eigenvalue weighted by molar-refractivity contribution is 0.189. The third-order valence-corrected chi connectivity index (χ3v) is 6.34. The van der Waals surface area contributed by atoms with E-state index in [-0.39, 0.29) is 0 Å². The normalized spacial score (nSPS) is 23.5. The van der Waals surface area contributed by atoms with E-state index in [0.29, 0.717) is 18.0 Å². The van der Waals surface area contributed by atoms with Crippen LogP contribution in [0.15, 0.2) is 24.3 Å². The van der Waals surface area contributed by atoms with Gasteiger partial charge < -0.3 is 9.30 Å². The van der Waals surface area contributed by atoms with Crippen LogP contribution in [0.4, 0.5) is 0 Å². The maximum Gasteiger partial charge on any atom is 0.199 e. The highest BCUT2D eigenvalue weighted by Crippen LogP contribution is 2.44. The molecule has 1 saturated heterocycles. The predicted molar refractivity (Wildman–Crippen MR) is 103 cm³/mol. The number of likely N-dealkylation sites (tertiary alicyclic amines) is 1. The summed E-state index contributed by atoms with van der Waals surface area (Å²) in [5, 5.41) is 4.97. The molecule has 1 aliphatic heterocycles. The minimum Gasteiger partial charge on any atom is -0.497 e. The Morgan fingerprint density at radius 3 is 2.54 bits per heavy atom. The summed E-state index contributed by atoms with van der Waals surface area (Å²) in [6.45, 7) is 1.91. The van der Waals surface area contributed by atoms with Crippen molar-refractivity contribution in [1.29, 1.82) is 0 Å². The molecular formula is C20H26N4OS. The number of rotatable bonds is 6. The van der Waals surface area contributed by atoms with Gasteiger partial charge in [0.2, 0.25) is 0 Å². The van der Waals surface area contributed by atoms with Crippen LogP contribution >= 0.6 is 12.2 Å². The second kappa shape index (κ2) is 6.50. The van der Waals surface area contributed by atoms with Gasteiger partial charge in [0.05, 0.1) is 13.8 Å². The summed E-state index contributed by atoms with van der Waals surface area (Å²) in [6.07, 6.45) is 7.49. The molecule has 2 heterocycles. The first-order chi connectivity index (χ1) is 12.7. The molecule has 2 aliphatic carbocycles. The van der Waals surface area contributed by atoms with Crippen molar-refractivity contribution in [3.8, 4) is 5.75 Å². The fraction of sp³-hybridized carbons (Fsp3) is 0.600. The first kappa shape index (κ1) is 16.5. The Bertz CT molecular complexity index is 848. The average molecular weight is 371 g/mol. The molecule has 0 N–H and O–H groups in total. The Morgan fingerprint density at radius 2 is 1.88 bits per heavy atom. The van der Waals surface area contributed by atoms with Crippen molar-refractivity contribution in [2.75, 3.05) is 13.7 Å². The molecule has 0 bridgehead atoms. The summed E-state index contributed by atoms with van der Waals surface area (Å²) in [4.78, 5) is 2.53. The van der Waals surface area contributed by atoms with Gasteiger partial charge in [-0.2, -0.15) is 5.10 Å². The molecular weight excluding hydrogens is 344 g/mol. The molecule has 138 valence electrons. The average Bonchev–Trinajstić information content (AvgIpc) is 3.59. The number of benzene rings is 1. The summed E-state index contributed by atoms with van der Waals surface area (Å²) in [6, 6.07) is 9.56. The highest BCUT2D eigenvalue weighted by atomic mass is 32.1. The van der Waals surface area contributed by atoms with Crippen LogP contribution in [-0.4, -0.2) is 32.9 Å². The Labute approximate surface area is 159 Å². The number of hydrogen-bond donors (Lipinski definition) is 0. The maximum absolute atomic E-state index is 5.82. The van der Waals surface area contributed by atoms with Gasteiger partial charge in [-0.1, -0.05) is 12.1 Å².